The summed E-state index contributed by atoms with van der Waals surface area (Å²) in [4.78, 5) is 43.9. The summed E-state index contributed by atoms with van der Waals surface area (Å²) in [5, 5.41) is 0. The molecule has 0 N–H and O–H groups in total. The van der Waals surface area contributed by atoms with E-state index in [2.05, 4.69) is 4.98 Å². The van der Waals surface area contributed by atoms with E-state index in [4.69, 9.17) is 4.74 Å². The van der Waals surface area contributed by atoms with Crippen LogP contribution in [0.15, 0.2) is 10.9 Å². The number of thiazole rings is 1. The van der Waals surface area contributed by atoms with Gasteiger partial charge in [0.1, 0.15) is 12.4 Å². The number of Topliss-reactive ketones (excluding diaryl/α,β-unsaturated/α-hetero) is 1. The van der Waals surface area contributed by atoms with Gasteiger partial charge in [0, 0.05) is 28.5 Å². The molecule has 3 aliphatic carbocycles. The quantitative estimate of drug-likeness (QED) is 0.740. The summed E-state index contributed by atoms with van der Waals surface area (Å²) in [6.07, 6.45) is 8.31. The first kappa shape index (κ1) is 18.0. The topological polar surface area (TPSA) is 77.7 Å². The lowest BCUT2D eigenvalue weighted by molar-refractivity contribution is -0.154. The van der Waals surface area contributed by atoms with Gasteiger partial charge in [-0.05, 0) is 51.4 Å². The highest BCUT2D eigenvalue weighted by molar-refractivity contribution is 7.17. The highest BCUT2D eigenvalue weighted by atomic mass is 32.1. The lowest BCUT2D eigenvalue weighted by Crippen LogP contribution is -2.39. The number of ketones is 1. The standard InChI is InChI=1S/C21H24N2O4S/c24-18-10-15(22-21-23(18)16-6-1-2-7-17(16)28-21)11-27-20(26)14-8-12-4-3-5-13(9-14)19(12)25/h10,12-14H,1-9,11H2/t12-,13+,14?. The molecule has 3 atom stereocenters. The first-order valence-electron chi connectivity index (χ1n) is 10.3. The van der Waals surface area contributed by atoms with Crippen LogP contribution in [0.2, 0.25) is 0 Å². The third-order valence-corrected chi connectivity index (χ3v) is 7.70. The monoisotopic (exact) mass is 400 g/mol. The van der Waals surface area contributed by atoms with E-state index < -0.39 is 0 Å². The molecular formula is C21H24N2O4S. The molecule has 3 aliphatic rings. The summed E-state index contributed by atoms with van der Waals surface area (Å²) in [7, 11) is 0. The lowest BCUT2D eigenvalue weighted by Gasteiger charge is -2.36. The van der Waals surface area contributed by atoms with Gasteiger partial charge in [0.2, 0.25) is 0 Å². The van der Waals surface area contributed by atoms with Gasteiger partial charge in [-0.25, -0.2) is 4.98 Å². The minimum atomic E-state index is -0.253. The Bertz CT molecular complexity index is 992. The Morgan fingerprint density at radius 2 is 1.89 bits per heavy atom. The van der Waals surface area contributed by atoms with E-state index in [0.29, 0.717) is 29.3 Å². The highest BCUT2D eigenvalue weighted by Crippen LogP contribution is 2.40. The fourth-order valence-corrected chi connectivity index (χ4v) is 6.38. The first-order chi connectivity index (χ1) is 13.6. The van der Waals surface area contributed by atoms with Crippen LogP contribution >= 0.6 is 11.3 Å². The molecule has 0 aliphatic heterocycles. The molecule has 2 aromatic rings. The van der Waals surface area contributed by atoms with E-state index in [-0.39, 0.29) is 35.9 Å². The van der Waals surface area contributed by atoms with Crippen molar-refractivity contribution in [2.75, 3.05) is 0 Å². The molecule has 1 unspecified atom stereocenters. The zero-order chi connectivity index (χ0) is 19.3. The number of esters is 1. The summed E-state index contributed by atoms with van der Waals surface area (Å²) in [6.45, 7) is 0.0208. The van der Waals surface area contributed by atoms with Crippen LogP contribution in [0.25, 0.3) is 4.96 Å². The largest absolute Gasteiger partial charge is 0.459 e. The van der Waals surface area contributed by atoms with Crippen LogP contribution in [0.5, 0.6) is 0 Å². The first-order valence-corrected chi connectivity index (χ1v) is 11.2. The number of ether oxygens (including phenoxy) is 1. The Morgan fingerprint density at radius 3 is 2.68 bits per heavy atom. The van der Waals surface area contributed by atoms with Crippen molar-refractivity contribution in [2.24, 2.45) is 17.8 Å². The third-order valence-electron chi connectivity index (χ3n) is 6.56. The number of hydrogen-bond acceptors (Lipinski definition) is 6. The molecule has 5 rings (SSSR count). The highest BCUT2D eigenvalue weighted by Gasteiger charge is 2.41. The summed E-state index contributed by atoms with van der Waals surface area (Å²) >= 11 is 1.58. The van der Waals surface area contributed by atoms with Gasteiger partial charge in [-0.1, -0.05) is 6.42 Å². The van der Waals surface area contributed by atoms with E-state index >= 15 is 0 Å². The van der Waals surface area contributed by atoms with Crippen molar-refractivity contribution in [1.29, 1.82) is 0 Å². The van der Waals surface area contributed by atoms with Crippen LogP contribution in [0.3, 0.4) is 0 Å². The SMILES string of the molecule is O=C(OCc1cc(=O)n2c3c(sc2n1)CCCC3)C1C[C@H]2CCC[C@@H](C1)C2=O. The number of carbonyl (C=O) groups is 2. The van der Waals surface area contributed by atoms with E-state index in [1.807, 2.05) is 0 Å². The fraction of sp³-hybridized carbons (Fsp3) is 0.619. The van der Waals surface area contributed by atoms with E-state index in [0.717, 1.165) is 50.6 Å². The molecule has 0 amide bonds. The zero-order valence-corrected chi connectivity index (χ0v) is 16.6. The number of aromatic nitrogens is 2. The summed E-state index contributed by atoms with van der Waals surface area (Å²) in [6, 6.07) is 1.49. The molecule has 7 heteroatoms. The van der Waals surface area contributed by atoms with Crippen molar-refractivity contribution >= 4 is 28.1 Å². The van der Waals surface area contributed by atoms with Crippen molar-refractivity contribution in [3.63, 3.8) is 0 Å². The second kappa shape index (κ2) is 7.10. The van der Waals surface area contributed by atoms with Gasteiger partial charge in [-0.3, -0.25) is 18.8 Å². The normalized spacial score (nSPS) is 26.9. The molecule has 0 radical (unpaired) electrons. The molecule has 2 bridgehead atoms. The number of aryl methyl sites for hydroxylation is 2. The van der Waals surface area contributed by atoms with Gasteiger partial charge in [-0.2, -0.15) is 0 Å². The summed E-state index contributed by atoms with van der Waals surface area (Å²) in [5.41, 5.74) is 1.52. The minimum Gasteiger partial charge on any atom is -0.459 e. The average molecular weight is 401 g/mol. The van der Waals surface area contributed by atoms with Crippen LogP contribution in [0.1, 0.15) is 61.2 Å². The average Bonchev–Trinajstić information content (AvgIpc) is 3.04. The molecule has 148 valence electrons. The summed E-state index contributed by atoms with van der Waals surface area (Å²) in [5.74, 6) is -0.0518. The van der Waals surface area contributed by atoms with Crippen LogP contribution in [-0.4, -0.2) is 21.1 Å². The maximum absolute atomic E-state index is 12.6. The van der Waals surface area contributed by atoms with E-state index in [1.54, 1.807) is 15.7 Å². The van der Waals surface area contributed by atoms with Crippen molar-refractivity contribution < 1.29 is 14.3 Å². The Hall–Kier alpha value is -2.02. The molecular weight excluding hydrogens is 376 g/mol. The van der Waals surface area contributed by atoms with Gasteiger partial charge in [0.25, 0.3) is 5.56 Å². The van der Waals surface area contributed by atoms with Crippen LogP contribution in [0.4, 0.5) is 0 Å². The molecule has 2 aromatic heterocycles. The molecule has 2 fully saturated rings. The fourth-order valence-electron chi connectivity index (χ4n) is 5.15. The molecule has 2 heterocycles. The van der Waals surface area contributed by atoms with Gasteiger partial charge in [0.15, 0.2) is 4.96 Å². The van der Waals surface area contributed by atoms with Crippen molar-refractivity contribution in [3.05, 3.63) is 32.7 Å². The molecule has 0 saturated heterocycles. The Balaban J connectivity index is 1.30. The Morgan fingerprint density at radius 1 is 1.14 bits per heavy atom. The van der Waals surface area contributed by atoms with Crippen LogP contribution < -0.4 is 5.56 Å². The van der Waals surface area contributed by atoms with E-state index in [9.17, 15) is 14.4 Å². The maximum Gasteiger partial charge on any atom is 0.309 e. The second-order valence-electron chi connectivity index (χ2n) is 8.39. The predicted octanol–water partition coefficient (Wildman–Crippen LogP) is 3.07. The number of nitrogens with zero attached hydrogens (tertiary/aromatic N) is 2. The predicted molar refractivity (Wildman–Crippen MR) is 104 cm³/mol. The van der Waals surface area contributed by atoms with Crippen molar-refractivity contribution in [3.8, 4) is 0 Å². The zero-order valence-electron chi connectivity index (χ0n) is 15.8. The molecule has 0 aromatic carbocycles. The molecule has 0 spiro atoms. The van der Waals surface area contributed by atoms with Gasteiger partial charge in [0.05, 0.1) is 11.6 Å². The van der Waals surface area contributed by atoms with Crippen molar-refractivity contribution in [2.45, 2.75) is 64.4 Å². The Kier molecular flexibility index (Phi) is 4.57. The van der Waals surface area contributed by atoms with Crippen molar-refractivity contribution in [1.82, 2.24) is 9.38 Å². The van der Waals surface area contributed by atoms with Gasteiger partial charge < -0.3 is 4.74 Å². The lowest BCUT2D eigenvalue weighted by atomic mass is 9.67. The molecule has 28 heavy (non-hydrogen) atoms. The molecule has 6 nitrogen and oxygen atoms in total. The minimum absolute atomic E-state index is 0.0208. The second-order valence-corrected chi connectivity index (χ2v) is 9.45. The molecule has 2 saturated carbocycles. The number of rotatable bonds is 3. The number of hydrogen-bond donors (Lipinski definition) is 0. The van der Waals surface area contributed by atoms with Crippen LogP contribution in [-0.2, 0) is 33.8 Å². The number of fused-ring (bicyclic) bond motifs is 5. The van der Waals surface area contributed by atoms with Crippen LogP contribution in [0, 0.1) is 17.8 Å². The van der Waals surface area contributed by atoms with E-state index in [1.165, 1.54) is 10.9 Å². The smallest absolute Gasteiger partial charge is 0.309 e. The number of carbonyl (C=O) groups excluding carboxylic acids is 2. The maximum atomic E-state index is 12.6. The third kappa shape index (κ3) is 3.09. The summed E-state index contributed by atoms with van der Waals surface area (Å²) < 4.78 is 7.24. The van der Waals surface area contributed by atoms with Gasteiger partial charge in [-0.15, -0.1) is 11.3 Å². The van der Waals surface area contributed by atoms with Gasteiger partial charge >= 0.3 is 5.97 Å². The Labute approximate surface area is 166 Å².